The van der Waals surface area contributed by atoms with E-state index < -0.39 is 0 Å². The molecular formula is C14H18Cl2N2O. The van der Waals surface area contributed by atoms with Crippen molar-refractivity contribution in [1.82, 2.24) is 5.32 Å². The van der Waals surface area contributed by atoms with Gasteiger partial charge in [-0.2, -0.15) is 0 Å². The quantitative estimate of drug-likeness (QED) is 0.836. The van der Waals surface area contributed by atoms with Crippen molar-refractivity contribution in [3.8, 4) is 0 Å². The molecule has 1 amide bonds. The minimum absolute atomic E-state index is 0.210. The SMILES string of the molecule is CC1CCCC1CNC(=O)c1cc(N)cc(Cl)c1Cl. The molecule has 3 N–H and O–H groups in total. The Kier molecular flexibility index (Phi) is 4.58. The van der Waals surface area contributed by atoms with Gasteiger partial charge in [0, 0.05) is 12.2 Å². The second-order valence-corrected chi connectivity index (χ2v) is 6.03. The van der Waals surface area contributed by atoms with Crippen LogP contribution in [-0.2, 0) is 0 Å². The number of nitrogens with two attached hydrogens (primary N) is 1. The molecule has 1 aromatic carbocycles. The first-order valence-electron chi connectivity index (χ1n) is 6.51. The van der Waals surface area contributed by atoms with Gasteiger partial charge in [0.15, 0.2) is 0 Å². The van der Waals surface area contributed by atoms with Crippen LogP contribution in [0.3, 0.4) is 0 Å². The van der Waals surface area contributed by atoms with Crippen LogP contribution in [0.2, 0.25) is 10.0 Å². The average Bonchev–Trinajstić information content (AvgIpc) is 2.76. The molecule has 1 aliphatic carbocycles. The number of carbonyl (C=O) groups is 1. The lowest BCUT2D eigenvalue weighted by atomic mass is 9.98. The number of carbonyl (C=O) groups excluding carboxylic acids is 1. The fraction of sp³-hybridized carbons (Fsp3) is 0.500. The molecule has 104 valence electrons. The highest BCUT2D eigenvalue weighted by Crippen LogP contribution is 2.31. The number of halogens is 2. The highest BCUT2D eigenvalue weighted by Gasteiger charge is 2.24. The normalized spacial score (nSPS) is 22.5. The standard InChI is InChI=1S/C14H18Cl2N2O/c1-8-3-2-4-9(8)7-18-14(19)11-5-10(17)6-12(15)13(11)16/h5-6,8-9H,2-4,7,17H2,1H3,(H,18,19). The van der Waals surface area contributed by atoms with Gasteiger partial charge in [-0.05, 0) is 30.4 Å². The third kappa shape index (κ3) is 3.34. The Hall–Kier alpha value is -0.930. The van der Waals surface area contributed by atoms with Crippen LogP contribution in [0.25, 0.3) is 0 Å². The Morgan fingerprint density at radius 1 is 1.42 bits per heavy atom. The summed E-state index contributed by atoms with van der Waals surface area (Å²) in [7, 11) is 0. The second-order valence-electron chi connectivity index (χ2n) is 5.24. The summed E-state index contributed by atoms with van der Waals surface area (Å²) in [6.45, 7) is 2.91. The Morgan fingerprint density at radius 3 is 2.79 bits per heavy atom. The Bertz CT molecular complexity index is 491. The van der Waals surface area contributed by atoms with Crippen LogP contribution in [0, 0.1) is 11.8 Å². The van der Waals surface area contributed by atoms with Crippen molar-refractivity contribution < 1.29 is 4.79 Å². The van der Waals surface area contributed by atoms with Gasteiger partial charge in [0.1, 0.15) is 0 Å². The van der Waals surface area contributed by atoms with Crippen LogP contribution >= 0.6 is 23.2 Å². The molecule has 1 fully saturated rings. The van der Waals surface area contributed by atoms with E-state index in [1.165, 1.54) is 19.3 Å². The van der Waals surface area contributed by atoms with E-state index in [1.807, 2.05) is 0 Å². The van der Waals surface area contributed by atoms with E-state index in [-0.39, 0.29) is 10.9 Å². The van der Waals surface area contributed by atoms with E-state index in [4.69, 9.17) is 28.9 Å². The van der Waals surface area contributed by atoms with Gasteiger partial charge < -0.3 is 11.1 Å². The minimum Gasteiger partial charge on any atom is -0.399 e. The van der Waals surface area contributed by atoms with Crippen LogP contribution in [-0.4, -0.2) is 12.5 Å². The molecular weight excluding hydrogens is 283 g/mol. The average molecular weight is 301 g/mol. The van der Waals surface area contributed by atoms with Crippen molar-refractivity contribution in [3.05, 3.63) is 27.7 Å². The molecule has 0 aromatic heterocycles. The first-order chi connectivity index (χ1) is 8.99. The Morgan fingerprint density at radius 2 is 2.16 bits per heavy atom. The maximum Gasteiger partial charge on any atom is 0.252 e. The van der Waals surface area contributed by atoms with E-state index in [0.717, 1.165) is 0 Å². The first-order valence-corrected chi connectivity index (χ1v) is 7.27. The number of rotatable bonds is 3. The van der Waals surface area contributed by atoms with Gasteiger partial charge in [-0.15, -0.1) is 0 Å². The zero-order chi connectivity index (χ0) is 14.0. The fourth-order valence-electron chi connectivity index (χ4n) is 2.62. The van der Waals surface area contributed by atoms with Crippen molar-refractivity contribution in [2.75, 3.05) is 12.3 Å². The number of anilines is 1. The van der Waals surface area contributed by atoms with Crippen LogP contribution in [0.5, 0.6) is 0 Å². The third-order valence-electron chi connectivity index (χ3n) is 3.86. The second kappa shape index (κ2) is 6.02. The van der Waals surface area contributed by atoms with E-state index >= 15 is 0 Å². The number of hydrogen-bond donors (Lipinski definition) is 2. The van der Waals surface area contributed by atoms with Crippen molar-refractivity contribution in [1.29, 1.82) is 0 Å². The summed E-state index contributed by atoms with van der Waals surface area (Å²) in [5, 5.41) is 3.49. The van der Waals surface area contributed by atoms with Gasteiger partial charge in [-0.1, -0.05) is 43.0 Å². The molecule has 0 spiro atoms. The minimum atomic E-state index is -0.210. The summed E-state index contributed by atoms with van der Waals surface area (Å²) in [5.41, 5.74) is 6.47. The summed E-state index contributed by atoms with van der Waals surface area (Å²) in [5.74, 6) is 1.01. The van der Waals surface area contributed by atoms with Crippen LogP contribution < -0.4 is 11.1 Å². The van der Waals surface area contributed by atoms with Crippen molar-refractivity contribution in [2.24, 2.45) is 11.8 Å². The molecule has 2 rings (SSSR count). The number of amides is 1. The Labute approximate surface area is 123 Å². The maximum absolute atomic E-state index is 12.1. The van der Waals surface area contributed by atoms with Gasteiger partial charge in [0.2, 0.25) is 0 Å². The highest BCUT2D eigenvalue weighted by molar-refractivity contribution is 6.44. The van der Waals surface area contributed by atoms with Crippen LogP contribution in [0.1, 0.15) is 36.5 Å². The van der Waals surface area contributed by atoms with Crippen LogP contribution in [0.15, 0.2) is 12.1 Å². The lowest BCUT2D eigenvalue weighted by Crippen LogP contribution is -2.30. The van der Waals surface area contributed by atoms with Gasteiger partial charge >= 0.3 is 0 Å². The van der Waals surface area contributed by atoms with Crippen molar-refractivity contribution in [2.45, 2.75) is 26.2 Å². The van der Waals surface area contributed by atoms with E-state index in [2.05, 4.69) is 12.2 Å². The molecule has 2 atom stereocenters. The van der Waals surface area contributed by atoms with E-state index in [0.29, 0.717) is 34.7 Å². The zero-order valence-corrected chi connectivity index (χ0v) is 12.4. The number of hydrogen-bond acceptors (Lipinski definition) is 2. The van der Waals surface area contributed by atoms with Crippen molar-refractivity contribution in [3.63, 3.8) is 0 Å². The maximum atomic E-state index is 12.1. The molecule has 0 radical (unpaired) electrons. The van der Waals surface area contributed by atoms with Gasteiger partial charge in [0.25, 0.3) is 5.91 Å². The van der Waals surface area contributed by atoms with Gasteiger partial charge in [0.05, 0.1) is 15.6 Å². The molecule has 3 nitrogen and oxygen atoms in total. The molecule has 0 bridgehead atoms. The predicted molar refractivity (Wildman–Crippen MR) is 79.7 cm³/mol. The largest absolute Gasteiger partial charge is 0.399 e. The number of nitrogens with one attached hydrogen (secondary N) is 1. The van der Waals surface area contributed by atoms with Gasteiger partial charge in [-0.3, -0.25) is 4.79 Å². The summed E-state index contributed by atoms with van der Waals surface area (Å²) in [6, 6.07) is 3.10. The highest BCUT2D eigenvalue weighted by atomic mass is 35.5. The van der Waals surface area contributed by atoms with Crippen molar-refractivity contribution >= 4 is 34.8 Å². The molecule has 1 saturated carbocycles. The molecule has 1 aliphatic rings. The molecule has 5 heteroatoms. The summed E-state index contributed by atoms with van der Waals surface area (Å²) in [4.78, 5) is 12.1. The van der Waals surface area contributed by atoms with Gasteiger partial charge in [-0.25, -0.2) is 0 Å². The molecule has 0 heterocycles. The molecule has 0 aliphatic heterocycles. The lowest BCUT2D eigenvalue weighted by molar-refractivity contribution is 0.0945. The molecule has 0 saturated heterocycles. The smallest absolute Gasteiger partial charge is 0.252 e. The van der Waals surface area contributed by atoms with E-state index in [1.54, 1.807) is 12.1 Å². The molecule has 1 aromatic rings. The van der Waals surface area contributed by atoms with Crippen LogP contribution in [0.4, 0.5) is 5.69 Å². The first kappa shape index (κ1) is 14.5. The molecule has 19 heavy (non-hydrogen) atoms. The molecule has 2 unspecified atom stereocenters. The Balaban J connectivity index is 2.04. The predicted octanol–water partition coefficient (Wildman–Crippen LogP) is 3.74. The topological polar surface area (TPSA) is 55.1 Å². The summed E-state index contributed by atoms with van der Waals surface area (Å²) < 4.78 is 0. The summed E-state index contributed by atoms with van der Waals surface area (Å²) in [6.07, 6.45) is 3.66. The third-order valence-corrected chi connectivity index (χ3v) is 4.66. The monoisotopic (exact) mass is 300 g/mol. The number of nitrogen functional groups attached to an aromatic ring is 1. The fourth-order valence-corrected chi connectivity index (χ4v) is 3.04. The number of benzene rings is 1. The zero-order valence-electron chi connectivity index (χ0n) is 10.9. The summed E-state index contributed by atoms with van der Waals surface area (Å²) >= 11 is 12.0. The van der Waals surface area contributed by atoms with E-state index in [9.17, 15) is 4.79 Å². The lowest BCUT2D eigenvalue weighted by Gasteiger charge is -2.16.